The standard InChI is InChI=1S/C13H16Cl3N/c1-2-13(6-3-7-13)17-8-9-10(14)4-5-11(15)12(9)16/h4-5,17H,2-3,6-8H2,1H3. The summed E-state index contributed by atoms with van der Waals surface area (Å²) >= 11 is 18.3. The van der Waals surface area contributed by atoms with Crippen LogP contribution >= 0.6 is 34.8 Å². The van der Waals surface area contributed by atoms with Crippen molar-refractivity contribution in [3.8, 4) is 0 Å². The van der Waals surface area contributed by atoms with Crippen LogP contribution in [0.3, 0.4) is 0 Å². The van der Waals surface area contributed by atoms with Crippen LogP contribution in [0.5, 0.6) is 0 Å². The van der Waals surface area contributed by atoms with E-state index >= 15 is 0 Å². The first-order valence-electron chi connectivity index (χ1n) is 5.95. The van der Waals surface area contributed by atoms with Gasteiger partial charge in [0.05, 0.1) is 10.0 Å². The highest BCUT2D eigenvalue weighted by molar-refractivity contribution is 6.44. The number of hydrogen-bond acceptors (Lipinski definition) is 1. The van der Waals surface area contributed by atoms with Gasteiger partial charge < -0.3 is 5.32 Å². The zero-order chi connectivity index (χ0) is 12.5. The number of nitrogens with one attached hydrogen (secondary N) is 1. The summed E-state index contributed by atoms with van der Waals surface area (Å²) in [5.74, 6) is 0. The van der Waals surface area contributed by atoms with E-state index in [1.165, 1.54) is 19.3 Å². The van der Waals surface area contributed by atoms with E-state index in [9.17, 15) is 0 Å². The van der Waals surface area contributed by atoms with Crippen molar-refractivity contribution in [2.45, 2.75) is 44.7 Å². The van der Waals surface area contributed by atoms with Crippen LogP contribution in [-0.2, 0) is 6.54 Å². The van der Waals surface area contributed by atoms with E-state index in [4.69, 9.17) is 34.8 Å². The van der Waals surface area contributed by atoms with Crippen LogP contribution in [0.4, 0.5) is 0 Å². The van der Waals surface area contributed by atoms with Crippen LogP contribution in [0.25, 0.3) is 0 Å². The maximum atomic E-state index is 6.18. The van der Waals surface area contributed by atoms with E-state index in [-0.39, 0.29) is 5.54 Å². The first kappa shape index (κ1) is 13.5. The van der Waals surface area contributed by atoms with E-state index in [0.29, 0.717) is 21.6 Å². The third-order valence-electron chi connectivity index (χ3n) is 3.77. The van der Waals surface area contributed by atoms with Gasteiger partial charge in [-0.1, -0.05) is 41.7 Å². The van der Waals surface area contributed by atoms with E-state index in [1.54, 1.807) is 12.1 Å². The lowest BCUT2D eigenvalue weighted by atomic mass is 9.75. The second-order valence-electron chi connectivity index (χ2n) is 4.66. The largest absolute Gasteiger partial charge is 0.307 e. The van der Waals surface area contributed by atoms with Gasteiger partial charge in [0.25, 0.3) is 0 Å². The molecule has 0 saturated heterocycles. The average molecular weight is 293 g/mol. The Kier molecular flexibility index (Phi) is 4.25. The Hall–Kier alpha value is 0.0500. The number of benzene rings is 1. The molecule has 0 spiro atoms. The summed E-state index contributed by atoms with van der Waals surface area (Å²) in [4.78, 5) is 0. The molecular formula is C13H16Cl3N. The molecule has 0 atom stereocenters. The predicted octanol–water partition coefficient (Wildman–Crippen LogP) is 5.07. The Bertz CT molecular complexity index is 408. The highest BCUT2D eigenvalue weighted by Crippen LogP contribution is 2.36. The lowest BCUT2D eigenvalue weighted by Crippen LogP contribution is -2.49. The van der Waals surface area contributed by atoms with Crippen LogP contribution in [0.2, 0.25) is 15.1 Å². The Labute approximate surface area is 117 Å². The second kappa shape index (κ2) is 5.36. The van der Waals surface area contributed by atoms with Crippen molar-refractivity contribution in [3.05, 3.63) is 32.8 Å². The lowest BCUT2D eigenvalue weighted by Gasteiger charge is -2.42. The van der Waals surface area contributed by atoms with Gasteiger partial charge in [0.2, 0.25) is 0 Å². The maximum absolute atomic E-state index is 6.18. The van der Waals surface area contributed by atoms with Gasteiger partial charge in [-0.2, -0.15) is 0 Å². The van der Waals surface area contributed by atoms with Crippen molar-refractivity contribution in [2.24, 2.45) is 0 Å². The van der Waals surface area contributed by atoms with Crippen LogP contribution < -0.4 is 5.32 Å². The van der Waals surface area contributed by atoms with E-state index in [0.717, 1.165) is 12.0 Å². The van der Waals surface area contributed by atoms with E-state index in [1.807, 2.05) is 0 Å². The molecule has 2 rings (SSSR count). The topological polar surface area (TPSA) is 12.0 Å². The molecule has 1 aromatic carbocycles. The van der Waals surface area contributed by atoms with Gasteiger partial charge >= 0.3 is 0 Å². The van der Waals surface area contributed by atoms with Crippen molar-refractivity contribution in [3.63, 3.8) is 0 Å². The minimum absolute atomic E-state index is 0.287. The molecule has 0 heterocycles. The number of halogens is 3. The third kappa shape index (κ3) is 2.73. The number of rotatable bonds is 4. The fourth-order valence-electron chi connectivity index (χ4n) is 2.27. The molecule has 0 radical (unpaired) electrons. The number of hydrogen-bond donors (Lipinski definition) is 1. The minimum Gasteiger partial charge on any atom is -0.307 e. The predicted molar refractivity (Wildman–Crippen MR) is 75.2 cm³/mol. The van der Waals surface area contributed by atoms with Crippen molar-refractivity contribution >= 4 is 34.8 Å². The highest BCUT2D eigenvalue weighted by Gasteiger charge is 2.34. The van der Waals surface area contributed by atoms with E-state index < -0.39 is 0 Å². The molecule has 0 aliphatic heterocycles. The summed E-state index contributed by atoms with van der Waals surface area (Å²) in [6, 6.07) is 3.53. The highest BCUT2D eigenvalue weighted by atomic mass is 35.5. The molecule has 1 nitrogen and oxygen atoms in total. The van der Waals surface area contributed by atoms with Crippen LogP contribution in [0.15, 0.2) is 12.1 Å². The quantitative estimate of drug-likeness (QED) is 0.764. The second-order valence-corrected chi connectivity index (χ2v) is 5.86. The Morgan fingerprint density at radius 3 is 2.35 bits per heavy atom. The van der Waals surface area contributed by atoms with Crippen molar-refractivity contribution in [1.29, 1.82) is 0 Å². The molecule has 1 fully saturated rings. The summed E-state index contributed by atoms with van der Waals surface area (Å²) in [6.45, 7) is 2.90. The Morgan fingerprint density at radius 1 is 1.18 bits per heavy atom. The monoisotopic (exact) mass is 291 g/mol. The fraction of sp³-hybridized carbons (Fsp3) is 0.538. The molecular weight excluding hydrogens is 277 g/mol. The maximum Gasteiger partial charge on any atom is 0.0652 e. The first-order valence-corrected chi connectivity index (χ1v) is 7.09. The Morgan fingerprint density at radius 2 is 1.82 bits per heavy atom. The molecule has 1 aliphatic carbocycles. The fourth-order valence-corrected chi connectivity index (χ4v) is 2.95. The summed E-state index contributed by atoms with van der Waals surface area (Å²) in [7, 11) is 0. The summed E-state index contributed by atoms with van der Waals surface area (Å²) in [5, 5.41) is 5.39. The third-order valence-corrected chi connectivity index (χ3v) is 4.96. The molecule has 1 saturated carbocycles. The molecule has 17 heavy (non-hydrogen) atoms. The summed E-state index contributed by atoms with van der Waals surface area (Å²) in [6.07, 6.45) is 4.92. The molecule has 1 aromatic rings. The molecule has 4 heteroatoms. The molecule has 0 unspecified atom stereocenters. The lowest BCUT2D eigenvalue weighted by molar-refractivity contribution is 0.175. The van der Waals surface area contributed by atoms with Gasteiger partial charge in [-0.15, -0.1) is 0 Å². The van der Waals surface area contributed by atoms with Gasteiger partial charge in [0.15, 0.2) is 0 Å². The van der Waals surface area contributed by atoms with Gasteiger partial charge in [0, 0.05) is 22.7 Å². The molecule has 94 valence electrons. The van der Waals surface area contributed by atoms with Crippen LogP contribution in [0, 0.1) is 0 Å². The smallest absolute Gasteiger partial charge is 0.0652 e. The molecule has 1 N–H and O–H groups in total. The van der Waals surface area contributed by atoms with Crippen molar-refractivity contribution in [2.75, 3.05) is 0 Å². The zero-order valence-electron chi connectivity index (χ0n) is 9.82. The Balaban J connectivity index is 2.11. The molecule has 0 bridgehead atoms. The van der Waals surface area contributed by atoms with Gasteiger partial charge in [-0.3, -0.25) is 0 Å². The first-order chi connectivity index (χ1) is 8.08. The van der Waals surface area contributed by atoms with Crippen molar-refractivity contribution in [1.82, 2.24) is 5.32 Å². The molecule has 1 aliphatic rings. The summed E-state index contributed by atoms with van der Waals surface area (Å²) < 4.78 is 0. The zero-order valence-corrected chi connectivity index (χ0v) is 12.1. The van der Waals surface area contributed by atoms with Crippen molar-refractivity contribution < 1.29 is 0 Å². The molecule has 0 aromatic heterocycles. The normalized spacial score (nSPS) is 17.9. The SMILES string of the molecule is CCC1(NCc2c(Cl)ccc(Cl)c2Cl)CCC1. The van der Waals surface area contributed by atoms with Gasteiger partial charge in [0.1, 0.15) is 0 Å². The van der Waals surface area contributed by atoms with Gasteiger partial charge in [-0.25, -0.2) is 0 Å². The van der Waals surface area contributed by atoms with Crippen LogP contribution in [0.1, 0.15) is 38.2 Å². The summed E-state index contributed by atoms with van der Waals surface area (Å²) in [5.41, 5.74) is 1.19. The van der Waals surface area contributed by atoms with E-state index in [2.05, 4.69) is 12.2 Å². The average Bonchev–Trinajstić information content (AvgIpc) is 2.27. The minimum atomic E-state index is 0.287. The van der Waals surface area contributed by atoms with Crippen LogP contribution in [-0.4, -0.2) is 5.54 Å². The molecule has 0 amide bonds. The van der Waals surface area contributed by atoms with Gasteiger partial charge in [-0.05, 0) is 37.8 Å².